The van der Waals surface area contributed by atoms with Crippen molar-refractivity contribution >= 4 is 23.1 Å². The quantitative estimate of drug-likeness (QED) is 0.521. The number of nitrogens with zero attached hydrogens (tertiary/aromatic N) is 2. The fourth-order valence-electron chi connectivity index (χ4n) is 2.45. The van der Waals surface area contributed by atoms with Crippen molar-refractivity contribution in [2.45, 2.75) is 6.04 Å². The lowest BCUT2D eigenvalue weighted by Crippen LogP contribution is -2.35. The molecule has 24 heavy (non-hydrogen) atoms. The minimum atomic E-state index is -0.959. The molecule has 1 amide bonds. The zero-order valence-electron chi connectivity index (χ0n) is 12.6. The largest absolute Gasteiger partial charge is 0.497 e. The first-order chi connectivity index (χ1) is 11.5. The van der Waals surface area contributed by atoms with E-state index in [4.69, 9.17) is 4.74 Å². The van der Waals surface area contributed by atoms with E-state index < -0.39 is 22.7 Å². The first kappa shape index (κ1) is 15.6. The number of ether oxygens (including phenoxy) is 1. The lowest BCUT2D eigenvalue weighted by Gasteiger charge is -2.17. The number of carbonyl (C=O) groups is 2. The molecule has 1 heterocycles. The second kappa shape index (κ2) is 6.09. The summed E-state index contributed by atoms with van der Waals surface area (Å²) in [5.41, 5.74) is 3.49. The van der Waals surface area contributed by atoms with Gasteiger partial charge in [-0.2, -0.15) is 0 Å². The number of hydrazine groups is 1. The van der Waals surface area contributed by atoms with Gasteiger partial charge in [0, 0.05) is 12.1 Å². The molecule has 0 saturated carbocycles. The third-order valence-corrected chi connectivity index (χ3v) is 3.68. The second-order valence-electron chi connectivity index (χ2n) is 5.12. The molecule has 1 N–H and O–H groups in total. The van der Waals surface area contributed by atoms with Crippen LogP contribution in [-0.2, 0) is 9.59 Å². The van der Waals surface area contributed by atoms with Crippen LogP contribution in [0.1, 0.15) is 11.6 Å². The number of rotatable bonds is 4. The van der Waals surface area contributed by atoms with Crippen molar-refractivity contribution < 1.29 is 19.2 Å². The van der Waals surface area contributed by atoms with E-state index >= 15 is 0 Å². The molecule has 1 aliphatic rings. The Bertz CT molecular complexity index is 819. The molecule has 8 heteroatoms. The van der Waals surface area contributed by atoms with Crippen molar-refractivity contribution in [3.8, 4) is 5.75 Å². The van der Waals surface area contributed by atoms with Crippen LogP contribution in [0.15, 0.2) is 48.5 Å². The highest BCUT2D eigenvalue weighted by Gasteiger charge is 2.40. The molecule has 0 spiro atoms. The number of nitro groups is 1. The number of Topliss-reactive ketones (excluding diaryl/α,β-unsaturated/α-hetero) is 1. The predicted molar refractivity (Wildman–Crippen MR) is 84.5 cm³/mol. The van der Waals surface area contributed by atoms with Crippen LogP contribution >= 0.6 is 0 Å². The van der Waals surface area contributed by atoms with Gasteiger partial charge in [-0.05, 0) is 29.8 Å². The van der Waals surface area contributed by atoms with Crippen LogP contribution < -0.4 is 15.2 Å². The highest BCUT2D eigenvalue weighted by molar-refractivity contribution is 6.45. The zero-order valence-corrected chi connectivity index (χ0v) is 12.6. The van der Waals surface area contributed by atoms with E-state index in [2.05, 4.69) is 5.43 Å². The Morgan fingerprint density at radius 1 is 1.17 bits per heavy atom. The van der Waals surface area contributed by atoms with Gasteiger partial charge in [-0.1, -0.05) is 12.1 Å². The average Bonchev–Trinajstić information content (AvgIpc) is 2.90. The van der Waals surface area contributed by atoms with Crippen LogP contribution in [0.3, 0.4) is 0 Å². The summed E-state index contributed by atoms with van der Waals surface area (Å²) in [7, 11) is 1.52. The third-order valence-electron chi connectivity index (χ3n) is 3.68. The third kappa shape index (κ3) is 2.70. The van der Waals surface area contributed by atoms with E-state index in [9.17, 15) is 19.7 Å². The highest BCUT2D eigenvalue weighted by Crippen LogP contribution is 2.28. The Balaban J connectivity index is 1.89. The topological polar surface area (TPSA) is 102 Å². The van der Waals surface area contributed by atoms with Gasteiger partial charge >= 0.3 is 5.91 Å². The second-order valence-corrected chi connectivity index (χ2v) is 5.12. The minimum Gasteiger partial charge on any atom is -0.497 e. The molecular formula is C16H13N3O5. The van der Waals surface area contributed by atoms with Crippen LogP contribution in [-0.4, -0.2) is 23.7 Å². The number of hydrogen-bond acceptors (Lipinski definition) is 6. The number of methoxy groups -OCH3 is 1. The van der Waals surface area contributed by atoms with Gasteiger partial charge in [0.25, 0.3) is 5.69 Å². The highest BCUT2D eigenvalue weighted by atomic mass is 16.6. The smallest absolute Gasteiger partial charge is 0.310 e. The molecule has 1 fully saturated rings. The fraction of sp³-hybridized carbons (Fsp3) is 0.125. The van der Waals surface area contributed by atoms with Crippen molar-refractivity contribution in [3.63, 3.8) is 0 Å². The lowest BCUT2D eigenvalue weighted by atomic mass is 10.0. The van der Waals surface area contributed by atoms with Gasteiger partial charge in [0.05, 0.1) is 17.7 Å². The first-order valence-corrected chi connectivity index (χ1v) is 7.04. The van der Waals surface area contributed by atoms with E-state index in [1.54, 1.807) is 30.3 Å². The Labute approximate surface area is 136 Å². The SMILES string of the molecule is COc1ccc(N2NC(c3cccc([N+](=O)[O-])c3)C(=O)C2=O)cc1. The Morgan fingerprint density at radius 2 is 1.88 bits per heavy atom. The molecule has 2 aromatic rings. The summed E-state index contributed by atoms with van der Waals surface area (Å²) in [6.07, 6.45) is 0. The first-order valence-electron chi connectivity index (χ1n) is 7.04. The van der Waals surface area contributed by atoms with Crippen molar-refractivity contribution in [1.82, 2.24) is 5.43 Å². The van der Waals surface area contributed by atoms with Crippen LogP contribution in [0.5, 0.6) is 5.75 Å². The number of ketones is 1. The van der Waals surface area contributed by atoms with Gasteiger partial charge < -0.3 is 4.74 Å². The molecule has 2 aromatic carbocycles. The van der Waals surface area contributed by atoms with Crippen LogP contribution in [0.25, 0.3) is 0 Å². The van der Waals surface area contributed by atoms with Gasteiger partial charge in [-0.3, -0.25) is 19.7 Å². The molecule has 8 nitrogen and oxygen atoms in total. The number of hydrogen-bond donors (Lipinski definition) is 1. The van der Waals surface area contributed by atoms with Gasteiger partial charge in [-0.25, -0.2) is 10.4 Å². The molecule has 1 aliphatic heterocycles. The maximum Gasteiger partial charge on any atom is 0.310 e. The zero-order chi connectivity index (χ0) is 17.3. The van der Waals surface area contributed by atoms with E-state index in [1.807, 2.05) is 0 Å². The Hall–Kier alpha value is -3.26. The number of nitrogens with one attached hydrogen (secondary N) is 1. The molecule has 3 rings (SSSR count). The normalized spacial score (nSPS) is 17.2. The van der Waals surface area contributed by atoms with Crippen LogP contribution in [0.4, 0.5) is 11.4 Å². The lowest BCUT2D eigenvalue weighted by molar-refractivity contribution is -0.384. The summed E-state index contributed by atoms with van der Waals surface area (Å²) in [6.45, 7) is 0. The molecule has 0 bridgehead atoms. The van der Waals surface area contributed by atoms with Crippen molar-refractivity contribution in [2.75, 3.05) is 12.1 Å². The summed E-state index contributed by atoms with van der Waals surface area (Å²) in [4.78, 5) is 34.8. The number of carbonyl (C=O) groups excluding carboxylic acids is 2. The standard InChI is InChI=1S/C16H13N3O5/c1-24-13-7-5-11(6-8-13)18-16(21)15(20)14(17-18)10-3-2-4-12(9-10)19(22)23/h2-9,14,17H,1H3. The van der Waals surface area contributed by atoms with E-state index in [0.717, 1.165) is 5.01 Å². The number of anilines is 1. The van der Waals surface area contributed by atoms with Gasteiger partial charge in [-0.15, -0.1) is 0 Å². The Kier molecular flexibility index (Phi) is 3.97. The molecule has 1 atom stereocenters. The van der Waals surface area contributed by atoms with Gasteiger partial charge in [0.1, 0.15) is 11.8 Å². The summed E-state index contributed by atoms with van der Waals surface area (Å²) in [6, 6.07) is 11.3. The van der Waals surface area contributed by atoms with E-state index in [0.29, 0.717) is 17.0 Å². The molecule has 0 aromatic heterocycles. The van der Waals surface area contributed by atoms with Crippen molar-refractivity contribution in [1.29, 1.82) is 0 Å². The summed E-state index contributed by atoms with van der Waals surface area (Å²) < 4.78 is 5.05. The number of benzene rings is 2. The Morgan fingerprint density at radius 3 is 2.50 bits per heavy atom. The maximum atomic E-state index is 12.2. The molecule has 0 aliphatic carbocycles. The summed E-state index contributed by atoms with van der Waals surface area (Å²) >= 11 is 0. The monoisotopic (exact) mass is 327 g/mol. The van der Waals surface area contributed by atoms with Crippen LogP contribution in [0.2, 0.25) is 0 Å². The van der Waals surface area contributed by atoms with Gasteiger partial charge in [0.15, 0.2) is 0 Å². The summed E-state index contributed by atoms with van der Waals surface area (Å²) in [5.74, 6) is -0.782. The number of amides is 1. The molecule has 0 radical (unpaired) electrons. The molecule has 1 unspecified atom stereocenters. The van der Waals surface area contributed by atoms with Crippen molar-refractivity contribution in [2.24, 2.45) is 0 Å². The van der Waals surface area contributed by atoms with Crippen LogP contribution in [0, 0.1) is 10.1 Å². The van der Waals surface area contributed by atoms with E-state index in [-0.39, 0.29) is 5.69 Å². The molecule has 1 saturated heterocycles. The molecular weight excluding hydrogens is 314 g/mol. The fourth-order valence-corrected chi connectivity index (χ4v) is 2.45. The molecule has 122 valence electrons. The van der Waals surface area contributed by atoms with E-state index in [1.165, 1.54) is 25.3 Å². The number of nitro benzene ring substituents is 1. The summed E-state index contributed by atoms with van der Waals surface area (Å²) in [5, 5.41) is 12.0. The maximum absolute atomic E-state index is 12.2. The predicted octanol–water partition coefficient (Wildman–Crippen LogP) is 1.76. The van der Waals surface area contributed by atoms with Crippen molar-refractivity contribution in [3.05, 3.63) is 64.2 Å². The minimum absolute atomic E-state index is 0.141. The number of non-ortho nitro benzene ring substituents is 1. The van der Waals surface area contributed by atoms with Gasteiger partial charge in [0.2, 0.25) is 5.78 Å². The average molecular weight is 327 g/mol.